The second-order valence-corrected chi connectivity index (χ2v) is 3.75. The fourth-order valence-corrected chi connectivity index (χ4v) is 1.41. The molecule has 7 heteroatoms. The number of ether oxygens (including phenoxy) is 2. The van der Waals surface area contributed by atoms with Gasteiger partial charge >= 0.3 is 12.3 Å². The first-order valence-electron chi connectivity index (χ1n) is 5.58. The zero-order valence-corrected chi connectivity index (χ0v) is 10.2. The Morgan fingerprint density at radius 1 is 1.32 bits per heavy atom. The van der Waals surface area contributed by atoms with Crippen molar-refractivity contribution in [1.82, 2.24) is 0 Å². The predicted molar refractivity (Wildman–Crippen MR) is 61.4 cm³/mol. The Morgan fingerprint density at radius 3 is 2.37 bits per heavy atom. The molecular formula is C12H14F3NO3. The van der Waals surface area contributed by atoms with Crippen molar-refractivity contribution in [2.45, 2.75) is 25.7 Å². The van der Waals surface area contributed by atoms with Crippen molar-refractivity contribution in [2.24, 2.45) is 5.73 Å². The molecule has 0 saturated heterocycles. The van der Waals surface area contributed by atoms with Gasteiger partial charge in [-0.1, -0.05) is 12.1 Å². The van der Waals surface area contributed by atoms with Crippen LogP contribution in [-0.4, -0.2) is 25.0 Å². The third kappa shape index (κ3) is 5.60. The van der Waals surface area contributed by atoms with Crippen molar-refractivity contribution in [3.63, 3.8) is 0 Å². The topological polar surface area (TPSA) is 61.5 Å². The van der Waals surface area contributed by atoms with E-state index < -0.39 is 18.4 Å². The van der Waals surface area contributed by atoms with Crippen molar-refractivity contribution in [2.75, 3.05) is 6.61 Å². The molecule has 0 saturated carbocycles. The van der Waals surface area contributed by atoms with Crippen molar-refractivity contribution in [1.29, 1.82) is 0 Å². The van der Waals surface area contributed by atoms with Gasteiger partial charge in [0.1, 0.15) is 11.8 Å². The Kier molecular flexibility index (Phi) is 5.17. The summed E-state index contributed by atoms with van der Waals surface area (Å²) in [5, 5.41) is 0. The van der Waals surface area contributed by atoms with Crippen molar-refractivity contribution >= 4 is 5.97 Å². The molecule has 106 valence electrons. The summed E-state index contributed by atoms with van der Waals surface area (Å²) in [4.78, 5) is 11.3. The van der Waals surface area contributed by atoms with Gasteiger partial charge in [-0.15, -0.1) is 13.2 Å². The molecule has 0 radical (unpaired) electrons. The van der Waals surface area contributed by atoms with E-state index in [2.05, 4.69) is 4.74 Å². The van der Waals surface area contributed by atoms with E-state index >= 15 is 0 Å². The summed E-state index contributed by atoms with van der Waals surface area (Å²) in [7, 11) is 0. The zero-order chi connectivity index (χ0) is 14.5. The molecule has 0 aromatic heterocycles. The highest BCUT2D eigenvalue weighted by atomic mass is 19.4. The molecule has 0 aliphatic carbocycles. The van der Waals surface area contributed by atoms with E-state index in [0.717, 1.165) is 0 Å². The lowest BCUT2D eigenvalue weighted by atomic mass is 10.1. The maximum Gasteiger partial charge on any atom is 0.573 e. The van der Waals surface area contributed by atoms with Crippen LogP contribution in [0.2, 0.25) is 0 Å². The van der Waals surface area contributed by atoms with E-state index in [0.29, 0.717) is 5.56 Å². The molecule has 1 rings (SSSR count). The lowest BCUT2D eigenvalue weighted by Gasteiger charge is -2.12. The number of hydrogen-bond acceptors (Lipinski definition) is 4. The van der Waals surface area contributed by atoms with Gasteiger partial charge in [0.05, 0.1) is 6.61 Å². The van der Waals surface area contributed by atoms with Crippen molar-refractivity contribution in [3.05, 3.63) is 29.8 Å². The average molecular weight is 277 g/mol. The number of carbonyl (C=O) groups is 1. The summed E-state index contributed by atoms with van der Waals surface area (Å²) in [5.41, 5.74) is 6.21. The van der Waals surface area contributed by atoms with Gasteiger partial charge in [0.15, 0.2) is 0 Å². The lowest BCUT2D eigenvalue weighted by Crippen LogP contribution is -2.34. The highest BCUT2D eigenvalue weighted by Crippen LogP contribution is 2.22. The van der Waals surface area contributed by atoms with Crippen LogP contribution in [-0.2, 0) is 16.0 Å². The molecule has 0 aliphatic rings. The smallest absolute Gasteiger partial charge is 0.465 e. The van der Waals surface area contributed by atoms with Crippen LogP contribution in [0.25, 0.3) is 0 Å². The molecule has 0 bridgehead atoms. The summed E-state index contributed by atoms with van der Waals surface area (Å²) >= 11 is 0. The highest BCUT2D eigenvalue weighted by molar-refractivity contribution is 5.75. The van der Waals surface area contributed by atoms with E-state index in [1.54, 1.807) is 6.92 Å². The Hall–Kier alpha value is -1.76. The molecule has 2 N–H and O–H groups in total. The SMILES string of the molecule is CCOC(=O)C(N)Cc1ccc(OC(F)(F)F)cc1. The Morgan fingerprint density at radius 2 is 1.89 bits per heavy atom. The first kappa shape index (κ1) is 15.3. The third-order valence-corrected chi connectivity index (χ3v) is 2.20. The maximum absolute atomic E-state index is 11.9. The van der Waals surface area contributed by atoms with Crippen LogP contribution < -0.4 is 10.5 Å². The maximum atomic E-state index is 11.9. The molecule has 0 fully saturated rings. The Bertz CT molecular complexity index is 417. The van der Waals surface area contributed by atoms with Crippen LogP contribution in [0.4, 0.5) is 13.2 Å². The second kappa shape index (κ2) is 6.42. The standard InChI is InChI=1S/C12H14F3NO3/c1-2-18-11(17)10(16)7-8-3-5-9(6-4-8)19-12(13,14)15/h3-6,10H,2,7,16H2,1H3. The summed E-state index contributed by atoms with van der Waals surface area (Å²) in [6.45, 7) is 1.89. The first-order chi connectivity index (χ1) is 8.81. The minimum absolute atomic E-state index is 0.186. The molecule has 0 amide bonds. The largest absolute Gasteiger partial charge is 0.573 e. The number of rotatable bonds is 5. The molecular weight excluding hydrogens is 263 g/mol. The summed E-state index contributed by atoms with van der Waals surface area (Å²) < 4.78 is 44.3. The van der Waals surface area contributed by atoms with Crippen LogP contribution >= 0.6 is 0 Å². The van der Waals surface area contributed by atoms with Gasteiger partial charge in [0.2, 0.25) is 0 Å². The average Bonchev–Trinajstić information content (AvgIpc) is 2.30. The van der Waals surface area contributed by atoms with Gasteiger partial charge in [-0.25, -0.2) is 0 Å². The molecule has 1 aromatic rings. The zero-order valence-electron chi connectivity index (χ0n) is 10.2. The van der Waals surface area contributed by atoms with Gasteiger partial charge in [-0.2, -0.15) is 0 Å². The fraction of sp³-hybridized carbons (Fsp3) is 0.417. The number of alkyl halides is 3. The van der Waals surface area contributed by atoms with Gasteiger partial charge in [0.25, 0.3) is 0 Å². The van der Waals surface area contributed by atoms with Crippen LogP contribution in [0, 0.1) is 0 Å². The highest BCUT2D eigenvalue weighted by Gasteiger charge is 2.31. The second-order valence-electron chi connectivity index (χ2n) is 3.75. The number of esters is 1. The minimum atomic E-state index is -4.72. The normalized spacial score (nSPS) is 12.9. The van der Waals surface area contributed by atoms with E-state index in [1.807, 2.05) is 0 Å². The molecule has 1 aromatic carbocycles. The monoisotopic (exact) mass is 277 g/mol. The number of benzene rings is 1. The van der Waals surface area contributed by atoms with Gasteiger partial charge in [-0.05, 0) is 31.0 Å². The van der Waals surface area contributed by atoms with Gasteiger partial charge < -0.3 is 15.2 Å². The third-order valence-electron chi connectivity index (χ3n) is 2.20. The number of hydrogen-bond donors (Lipinski definition) is 1. The minimum Gasteiger partial charge on any atom is -0.465 e. The first-order valence-corrected chi connectivity index (χ1v) is 5.58. The summed E-state index contributed by atoms with van der Waals surface area (Å²) in [5.74, 6) is -0.862. The molecule has 1 atom stereocenters. The quantitative estimate of drug-likeness (QED) is 0.836. The molecule has 0 spiro atoms. The summed E-state index contributed by atoms with van der Waals surface area (Å²) in [6, 6.07) is 4.33. The van der Waals surface area contributed by atoms with Crippen molar-refractivity contribution < 1.29 is 27.4 Å². The van der Waals surface area contributed by atoms with E-state index in [9.17, 15) is 18.0 Å². The van der Waals surface area contributed by atoms with Gasteiger partial charge in [0, 0.05) is 0 Å². The Labute approximate surface area is 108 Å². The molecule has 4 nitrogen and oxygen atoms in total. The van der Waals surface area contributed by atoms with E-state index in [4.69, 9.17) is 10.5 Å². The van der Waals surface area contributed by atoms with E-state index in [1.165, 1.54) is 24.3 Å². The molecule has 19 heavy (non-hydrogen) atoms. The number of halogens is 3. The van der Waals surface area contributed by atoms with Gasteiger partial charge in [-0.3, -0.25) is 4.79 Å². The lowest BCUT2D eigenvalue weighted by molar-refractivity contribution is -0.274. The number of nitrogens with two attached hydrogens (primary N) is 1. The van der Waals surface area contributed by atoms with Crippen LogP contribution in [0.3, 0.4) is 0 Å². The Balaban J connectivity index is 2.59. The van der Waals surface area contributed by atoms with Crippen LogP contribution in [0.15, 0.2) is 24.3 Å². The van der Waals surface area contributed by atoms with Crippen molar-refractivity contribution in [3.8, 4) is 5.75 Å². The molecule has 0 aliphatic heterocycles. The predicted octanol–water partition coefficient (Wildman–Crippen LogP) is 2.02. The van der Waals surface area contributed by atoms with Crippen LogP contribution in [0.1, 0.15) is 12.5 Å². The van der Waals surface area contributed by atoms with E-state index in [-0.39, 0.29) is 18.8 Å². The fourth-order valence-electron chi connectivity index (χ4n) is 1.41. The summed E-state index contributed by atoms with van der Waals surface area (Å²) in [6.07, 6.45) is -4.53. The molecule has 0 heterocycles. The van der Waals surface area contributed by atoms with Crippen LogP contribution in [0.5, 0.6) is 5.75 Å². The molecule has 1 unspecified atom stereocenters. The number of carbonyl (C=O) groups excluding carboxylic acids is 1.